The number of phenolic OH excluding ortho intramolecular Hbond substituents is 1. The van der Waals surface area contributed by atoms with Gasteiger partial charge in [-0.15, -0.1) is 0 Å². The minimum atomic E-state index is -0.687. The molecule has 0 amide bonds. The number of benzene rings is 4. The van der Waals surface area contributed by atoms with Gasteiger partial charge in [0.2, 0.25) is 0 Å². The molecule has 0 bridgehead atoms. The van der Waals surface area contributed by atoms with Crippen LogP contribution in [-0.2, 0) is 16.8 Å². The molecule has 204 valence electrons. The van der Waals surface area contributed by atoms with Crippen LogP contribution in [0.25, 0.3) is 11.1 Å². The third-order valence-corrected chi connectivity index (χ3v) is 8.46. The van der Waals surface area contributed by atoms with Gasteiger partial charge in [-0.25, -0.2) is 0 Å². The molecule has 1 atom stereocenters. The van der Waals surface area contributed by atoms with Gasteiger partial charge in [-0.05, 0) is 67.5 Å². The summed E-state index contributed by atoms with van der Waals surface area (Å²) in [5.74, 6) is 0.286. The highest BCUT2D eigenvalue weighted by Gasteiger charge is 2.39. The number of phenols is 1. The van der Waals surface area contributed by atoms with E-state index in [1.807, 2.05) is 66.7 Å². The van der Waals surface area contributed by atoms with Crippen molar-refractivity contribution in [2.45, 2.75) is 56.8 Å². The Morgan fingerprint density at radius 3 is 2.15 bits per heavy atom. The van der Waals surface area contributed by atoms with Crippen molar-refractivity contribution < 1.29 is 9.84 Å². The Kier molecular flexibility index (Phi) is 8.35. The molecule has 0 radical (unpaired) electrons. The number of nitrogens with zero attached hydrogens (tertiary/aromatic N) is 2. The first-order chi connectivity index (χ1) is 19.4. The third-order valence-electron chi connectivity index (χ3n) is 8.46. The summed E-state index contributed by atoms with van der Waals surface area (Å²) in [6.45, 7) is 6.99. The first kappa shape index (κ1) is 27.6. The van der Waals surface area contributed by atoms with Gasteiger partial charge in [-0.1, -0.05) is 97.1 Å². The third kappa shape index (κ3) is 5.97. The van der Waals surface area contributed by atoms with Crippen molar-refractivity contribution >= 4 is 0 Å². The Labute approximate surface area is 238 Å². The molecule has 1 saturated heterocycles. The highest BCUT2D eigenvalue weighted by molar-refractivity contribution is 5.70. The lowest BCUT2D eigenvalue weighted by molar-refractivity contribution is 0.0341. The van der Waals surface area contributed by atoms with Gasteiger partial charge in [0.25, 0.3) is 0 Å². The number of ether oxygens (including phenoxy) is 1. The number of likely N-dealkylation sites (tertiary alicyclic amines) is 1. The molecule has 5 rings (SSSR count). The standard InChI is InChI=1S/C36H38N2O2/c1-35(2,21-22-36(27-37,30-14-5-3-6-15-30)31-16-7-4-8-17-31)38-23-20-32(25-38)40-26-28-12-11-13-29(24-28)33-18-9-10-19-34(33)39/h3-19,24,32,39H,20-23,25-26H2,1-2H3/t32-/m0/s1. The van der Waals surface area contributed by atoms with Crippen molar-refractivity contribution in [3.8, 4) is 22.9 Å². The maximum atomic E-state index is 10.6. The molecule has 1 N–H and O–H groups in total. The molecule has 0 aliphatic carbocycles. The molecule has 0 aromatic heterocycles. The zero-order chi connectivity index (χ0) is 28.0. The fraction of sp³-hybridized carbons (Fsp3) is 0.306. The smallest absolute Gasteiger partial charge is 0.123 e. The SMILES string of the molecule is CC(C)(CCC(C#N)(c1ccccc1)c1ccccc1)N1CC[C@H](OCc2cccc(-c3ccccc3O)c2)C1. The molecule has 4 nitrogen and oxygen atoms in total. The molecule has 1 fully saturated rings. The summed E-state index contributed by atoms with van der Waals surface area (Å²) in [6.07, 6.45) is 2.78. The molecule has 0 unspecified atom stereocenters. The molecule has 4 aromatic carbocycles. The lowest BCUT2D eigenvalue weighted by Crippen LogP contribution is -2.44. The lowest BCUT2D eigenvalue weighted by atomic mass is 9.70. The van der Waals surface area contributed by atoms with E-state index in [-0.39, 0.29) is 17.4 Å². The number of para-hydroxylation sites is 1. The van der Waals surface area contributed by atoms with Gasteiger partial charge in [0.05, 0.1) is 18.8 Å². The maximum Gasteiger partial charge on any atom is 0.123 e. The van der Waals surface area contributed by atoms with E-state index in [1.54, 1.807) is 6.07 Å². The van der Waals surface area contributed by atoms with E-state index in [0.29, 0.717) is 6.61 Å². The van der Waals surface area contributed by atoms with Crippen molar-refractivity contribution in [1.82, 2.24) is 4.90 Å². The fourth-order valence-electron chi connectivity index (χ4n) is 5.91. The summed E-state index contributed by atoms with van der Waals surface area (Å²) < 4.78 is 6.38. The predicted molar refractivity (Wildman–Crippen MR) is 161 cm³/mol. The maximum absolute atomic E-state index is 10.6. The van der Waals surface area contributed by atoms with E-state index < -0.39 is 5.41 Å². The van der Waals surface area contributed by atoms with Crippen LogP contribution >= 0.6 is 0 Å². The number of rotatable bonds is 10. The summed E-state index contributed by atoms with van der Waals surface area (Å²) in [5, 5.41) is 20.8. The normalized spacial score (nSPS) is 16.1. The number of aromatic hydroxyl groups is 1. The molecule has 1 aliphatic heterocycles. The van der Waals surface area contributed by atoms with E-state index in [9.17, 15) is 10.4 Å². The Balaban J connectivity index is 1.23. The van der Waals surface area contributed by atoms with E-state index in [2.05, 4.69) is 61.2 Å². The van der Waals surface area contributed by atoms with Crippen LogP contribution < -0.4 is 0 Å². The second-order valence-corrected chi connectivity index (χ2v) is 11.4. The van der Waals surface area contributed by atoms with E-state index in [0.717, 1.165) is 60.2 Å². The molecule has 4 heteroatoms. The molecule has 0 spiro atoms. The average molecular weight is 531 g/mol. The van der Waals surface area contributed by atoms with Crippen molar-refractivity contribution in [3.05, 3.63) is 126 Å². The van der Waals surface area contributed by atoms with Crippen LogP contribution in [0.2, 0.25) is 0 Å². The summed E-state index contributed by atoms with van der Waals surface area (Å²) in [5.41, 5.74) is 4.26. The van der Waals surface area contributed by atoms with Gasteiger partial charge in [0.1, 0.15) is 11.2 Å². The molecular weight excluding hydrogens is 492 g/mol. The zero-order valence-electron chi connectivity index (χ0n) is 23.5. The van der Waals surface area contributed by atoms with Crippen LogP contribution in [-0.4, -0.2) is 34.7 Å². The quantitative estimate of drug-likeness (QED) is 0.228. The average Bonchev–Trinajstić information content (AvgIpc) is 3.49. The van der Waals surface area contributed by atoms with E-state index in [4.69, 9.17) is 4.74 Å². The van der Waals surface area contributed by atoms with Crippen LogP contribution in [0.4, 0.5) is 0 Å². The molecule has 1 heterocycles. The Bertz CT molecular complexity index is 1400. The van der Waals surface area contributed by atoms with Crippen LogP contribution in [0.3, 0.4) is 0 Å². The minimum Gasteiger partial charge on any atom is -0.507 e. The van der Waals surface area contributed by atoms with Gasteiger partial charge >= 0.3 is 0 Å². The number of hydrogen-bond donors (Lipinski definition) is 1. The minimum absolute atomic E-state index is 0.0749. The first-order valence-electron chi connectivity index (χ1n) is 14.2. The zero-order valence-corrected chi connectivity index (χ0v) is 23.5. The molecule has 1 aliphatic rings. The first-order valence-corrected chi connectivity index (χ1v) is 14.2. The topological polar surface area (TPSA) is 56.5 Å². The summed E-state index contributed by atoms with van der Waals surface area (Å²) >= 11 is 0. The van der Waals surface area contributed by atoms with Gasteiger partial charge < -0.3 is 9.84 Å². The summed E-state index contributed by atoms with van der Waals surface area (Å²) in [6, 6.07) is 38.8. The Morgan fingerprint density at radius 2 is 1.50 bits per heavy atom. The number of nitriles is 1. The summed E-state index contributed by atoms with van der Waals surface area (Å²) in [4.78, 5) is 2.52. The van der Waals surface area contributed by atoms with Crippen LogP contribution in [0.15, 0.2) is 109 Å². The molecule has 0 saturated carbocycles. The van der Waals surface area contributed by atoms with Crippen LogP contribution in [0.5, 0.6) is 5.75 Å². The fourth-order valence-corrected chi connectivity index (χ4v) is 5.91. The molecule has 40 heavy (non-hydrogen) atoms. The molecular formula is C36H38N2O2. The van der Waals surface area contributed by atoms with Gasteiger partial charge in [0, 0.05) is 24.2 Å². The summed E-state index contributed by atoms with van der Waals surface area (Å²) in [7, 11) is 0. The van der Waals surface area contributed by atoms with Crippen molar-refractivity contribution in [3.63, 3.8) is 0 Å². The van der Waals surface area contributed by atoms with Gasteiger partial charge in [-0.3, -0.25) is 4.90 Å². The Morgan fingerprint density at radius 1 is 0.850 bits per heavy atom. The number of hydrogen-bond acceptors (Lipinski definition) is 4. The second-order valence-electron chi connectivity index (χ2n) is 11.4. The molecule has 4 aromatic rings. The highest BCUT2D eigenvalue weighted by Crippen LogP contribution is 2.39. The van der Waals surface area contributed by atoms with Crippen molar-refractivity contribution in [2.24, 2.45) is 0 Å². The van der Waals surface area contributed by atoms with E-state index >= 15 is 0 Å². The monoisotopic (exact) mass is 530 g/mol. The van der Waals surface area contributed by atoms with E-state index in [1.165, 1.54) is 0 Å². The van der Waals surface area contributed by atoms with Crippen LogP contribution in [0.1, 0.15) is 49.8 Å². The second kappa shape index (κ2) is 12.1. The van der Waals surface area contributed by atoms with Gasteiger partial charge in [0.15, 0.2) is 0 Å². The Hall–Kier alpha value is -3.91. The lowest BCUT2D eigenvalue weighted by Gasteiger charge is -2.38. The van der Waals surface area contributed by atoms with Gasteiger partial charge in [-0.2, -0.15) is 5.26 Å². The largest absolute Gasteiger partial charge is 0.507 e. The predicted octanol–water partition coefficient (Wildman–Crippen LogP) is 7.72. The van der Waals surface area contributed by atoms with Crippen molar-refractivity contribution in [1.29, 1.82) is 5.26 Å². The van der Waals surface area contributed by atoms with Crippen LogP contribution in [0, 0.1) is 11.3 Å². The highest BCUT2D eigenvalue weighted by atomic mass is 16.5. The van der Waals surface area contributed by atoms with Crippen molar-refractivity contribution in [2.75, 3.05) is 13.1 Å².